The highest BCUT2D eigenvalue weighted by Crippen LogP contribution is 2.32. The molecule has 0 aliphatic rings. The zero-order chi connectivity index (χ0) is 14.5. The SMILES string of the molecule is CC(C)CC(C(=O)c1ccccc1)c1ccccc1Cl. The van der Waals surface area contributed by atoms with Crippen molar-refractivity contribution >= 4 is 17.4 Å². The molecule has 2 aromatic carbocycles. The molecule has 0 radical (unpaired) electrons. The van der Waals surface area contributed by atoms with Crippen molar-refractivity contribution < 1.29 is 4.79 Å². The lowest BCUT2D eigenvalue weighted by molar-refractivity contribution is 0.0948. The van der Waals surface area contributed by atoms with Crippen LogP contribution in [0.3, 0.4) is 0 Å². The molecule has 20 heavy (non-hydrogen) atoms. The molecule has 0 N–H and O–H groups in total. The Morgan fingerprint density at radius 2 is 1.60 bits per heavy atom. The second kappa shape index (κ2) is 6.71. The number of hydrogen-bond donors (Lipinski definition) is 0. The van der Waals surface area contributed by atoms with Crippen molar-refractivity contribution in [3.8, 4) is 0 Å². The third kappa shape index (κ3) is 3.49. The van der Waals surface area contributed by atoms with Crippen LogP contribution >= 0.6 is 11.6 Å². The van der Waals surface area contributed by atoms with E-state index >= 15 is 0 Å². The van der Waals surface area contributed by atoms with Crippen LogP contribution in [0.2, 0.25) is 5.02 Å². The van der Waals surface area contributed by atoms with E-state index in [1.807, 2.05) is 54.6 Å². The number of halogens is 1. The molecule has 2 heteroatoms. The van der Waals surface area contributed by atoms with Crippen molar-refractivity contribution in [1.82, 2.24) is 0 Å². The molecule has 1 atom stereocenters. The number of carbonyl (C=O) groups excluding carboxylic acids is 1. The Balaban J connectivity index is 2.38. The quantitative estimate of drug-likeness (QED) is 0.677. The van der Waals surface area contributed by atoms with Gasteiger partial charge in [-0.15, -0.1) is 0 Å². The first-order valence-electron chi connectivity index (χ1n) is 6.93. The largest absolute Gasteiger partial charge is 0.293 e. The summed E-state index contributed by atoms with van der Waals surface area (Å²) < 4.78 is 0. The van der Waals surface area contributed by atoms with E-state index in [1.54, 1.807) is 0 Å². The minimum absolute atomic E-state index is 0.146. The minimum atomic E-state index is -0.175. The van der Waals surface area contributed by atoms with Gasteiger partial charge in [-0.3, -0.25) is 4.79 Å². The highest BCUT2D eigenvalue weighted by atomic mass is 35.5. The molecule has 0 heterocycles. The van der Waals surface area contributed by atoms with Crippen molar-refractivity contribution in [1.29, 1.82) is 0 Å². The number of hydrogen-bond acceptors (Lipinski definition) is 1. The number of rotatable bonds is 5. The summed E-state index contributed by atoms with van der Waals surface area (Å²) in [5.74, 6) is 0.405. The van der Waals surface area contributed by atoms with Gasteiger partial charge in [0.1, 0.15) is 0 Å². The molecule has 1 unspecified atom stereocenters. The van der Waals surface area contributed by atoms with Crippen LogP contribution in [0.4, 0.5) is 0 Å². The highest BCUT2D eigenvalue weighted by Gasteiger charge is 2.24. The van der Waals surface area contributed by atoms with Crippen LogP contribution in [-0.2, 0) is 0 Å². The van der Waals surface area contributed by atoms with Crippen molar-refractivity contribution in [2.75, 3.05) is 0 Å². The zero-order valence-electron chi connectivity index (χ0n) is 11.8. The first-order valence-corrected chi connectivity index (χ1v) is 7.31. The van der Waals surface area contributed by atoms with E-state index in [0.717, 1.165) is 17.5 Å². The molecule has 1 nitrogen and oxygen atoms in total. The maximum absolute atomic E-state index is 12.8. The maximum Gasteiger partial charge on any atom is 0.170 e. The van der Waals surface area contributed by atoms with Crippen LogP contribution in [0.1, 0.15) is 42.1 Å². The van der Waals surface area contributed by atoms with Gasteiger partial charge in [-0.05, 0) is 24.0 Å². The van der Waals surface area contributed by atoms with Gasteiger partial charge in [0.2, 0.25) is 0 Å². The lowest BCUT2D eigenvalue weighted by atomic mass is 9.84. The first-order chi connectivity index (χ1) is 9.59. The molecule has 0 saturated heterocycles. The van der Waals surface area contributed by atoms with Gasteiger partial charge in [-0.1, -0.05) is 74.0 Å². The lowest BCUT2D eigenvalue weighted by Gasteiger charge is -2.19. The Labute approximate surface area is 125 Å². The molecule has 2 rings (SSSR count). The zero-order valence-corrected chi connectivity index (χ0v) is 12.6. The van der Waals surface area contributed by atoms with Crippen molar-refractivity contribution in [2.45, 2.75) is 26.2 Å². The van der Waals surface area contributed by atoms with Crippen LogP contribution in [0.25, 0.3) is 0 Å². The number of benzene rings is 2. The Kier molecular flexibility index (Phi) is 4.97. The van der Waals surface area contributed by atoms with Gasteiger partial charge in [-0.2, -0.15) is 0 Å². The molecular weight excluding hydrogens is 268 g/mol. The van der Waals surface area contributed by atoms with Gasteiger partial charge >= 0.3 is 0 Å². The number of carbonyl (C=O) groups is 1. The monoisotopic (exact) mass is 286 g/mol. The average Bonchev–Trinajstić information content (AvgIpc) is 2.46. The van der Waals surface area contributed by atoms with E-state index < -0.39 is 0 Å². The summed E-state index contributed by atoms with van der Waals surface area (Å²) in [6.45, 7) is 4.25. The van der Waals surface area contributed by atoms with Gasteiger partial charge in [-0.25, -0.2) is 0 Å². The molecule has 0 fully saturated rings. The van der Waals surface area contributed by atoms with E-state index in [4.69, 9.17) is 11.6 Å². The smallest absolute Gasteiger partial charge is 0.170 e. The molecule has 0 spiro atoms. The molecule has 0 aliphatic heterocycles. The molecular formula is C18H19ClO. The van der Waals surface area contributed by atoms with Crippen LogP contribution in [0, 0.1) is 5.92 Å². The fourth-order valence-electron chi connectivity index (χ4n) is 2.41. The predicted molar refractivity (Wildman–Crippen MR) is 84.4 cm³/mol. The van der Waals surface area contributed by atoms with Gasteiger partial charge in [0.15, 0.2) is 5.78 Å². The Hall–Kier alpha value is -1.60. The van der Waals surface area contributed by atoms with E-state index in [0.29, 0.717) is 10.9 Å². The summed E-state index contributed by atoms with van der Waals surface area (Å²) >= 11 is 6.28. The van der Waals surface area contributed by atoms with Gasteiger partial charge in [0.05, 0.1) is 0 Å². The molecule has 104 valence electrons. The van der Waals surface area contributed by atoms with Crippen molar-refractivity contribution in [3.05, 3.63) is 70.7 Å². The average molecular weight is 287 g/mol. The summed E-state index contributed by atoms with van der Waals surface area (Å²) in [6, 6.07) is 17.1. The minimum Gasteiger partial charge on any atom is -0.293 e. The highest BCUT2D eigenvalue weighted by molar-refractivity contribution is 6.31. The predicted octanol–water partition coefficient (Wildman–Crippen LogP) is 5.35. The molecule has 2 aromatic rings. The summed E-state index contributed by atoms with van der Waals surface area (Å²) in [5.41, 5.74) is 1.68. The number of Topliss-reactive ketones (excluding diaryl/α,β-unsaturated/α-hetero) is 1. The summed E-state index contributed by atoms with van der Waals surface area (Å²) in [6.07, 6.45) is 0.803. The van der Waals surface area contributed by atoms with E-state index in [-0.39, 0.29) is 11.7 Å². The van der Waals surface area contributed by atoms with Crippen LogP contribution in [0.5, 0.6) is 0 Å². The molecule has 0 saturated carbocycles. The van der Waals surface area contributed by atoms with Gasteiger partial charge in [0, 0.05) is 16.5 Å². The van der Waals surface area contributed by atoms with Gasteiger partial charge < -0.3 is 0 Å². The van der Waals surface area contributed by atoms with E-state index in [1.165, 1.54) is 0 Å². The summed E-state index contributed by atoms with van der Waals surface area (Å²) in [5, 5.41) is 0.669. The van der Waals surface area contributed by atoms with Crippen LogP contribution in [-0.4, -0.2) is 5.78 Å². The Morgan fingerprint density at radius 3 is 2.20 bits per heavy atom. The van der Waals surface area contributed by atoms with Crippen LogP contribution < -0.4 is 0 Å². The lowest BCUT2D eigenvalue weighted by Crippen LogP contribution is -2.15. The second-order valence-electron chi connectivity index (χ2n) is 5.43. The Bertz CT molecular complexity index is 575. The maximum atomic E-state index is 12.8. The van der Waals surface area contributed by atoms with Crippen LogP contribution in [0.15, 0.2) is 54.6 Å². The second-order valence-corrected chi connectivity index (χ2v) is 5.84. The van der Waals surface area contributed by atoms with E-state index in [9.17, 15) is 4.79 Å². The molecule has 0 bridgehead atoms. The number of ketones is 1. The third-order valence-corrected chi connectivity index (χ3v) is 3.71. The third-order valence-electron chi connectivity index (χ3n) is 3.36. The normalized spacial score (nSPS) is 12.4. The first kappa shape index (κ1) is 14.8. The summed E-state index contributed by atoms with van der Waals surface area (Å²) in [7, 11) is 0. The Morgan fingerprint density at radius 1 is 1.00 bits per heavy atom. The van der Waals surface area contributed by atoms with Gasteiger partial charge in [0.25, 0.3) is 0 Å². The molecule has 0 aliphatic carbocycles. The fraction of sp³-hybridized carbons (Fsp3) is 0.278. The van der Waals surface area contributed by atoms with E-state index in [2.05, 4.69) is 13.8 Å². The summed E-state index contributed by atoms with van der Waals surface area (Å²) in [4.78, 5) is 12.8. The standard InChI is InChI=1S/C18H19ClO/c1-13(2)12-16(15-10-6-7-11-17(15)19)18(20)14-8-4-3-5-9-14/h3-11,13,16H,12H2,1-2H3. The van der Waals surface area contributed by atoms with Crippen molar-refractivity contribution in [2.24, 2.45) is 5.92 Å². The van der Waals surface area contributed by atoms with Crippen molar-refractivity contribution in [3.63, 3.8) is 0 Å². The molecule has 0 amide bonds. The molecule has 0 aromatic heterocycles. The fourth-order valence-corrected chi connectivity index (χ4v) is 2.68. The topological polar surface area (TPSA) is 17.1 Å².